The molecule has 330 valence electrons. The second-order valence-corrected chi connectivity index (χ2v) is 21.3. The lowest BCUT2D eigenvalue weighted by molar-refractivity contribution is -0.143. The molecule has 3 heterocycles. The van der Waals surface area contributed by atoms with E-state index in [0.29, 0.717) is 35.3 Å². The van der Waals surface area contributed by atoms with Gasteiger partial charge in [-0.25, -0.2) is 32.0 Å². The number of hydrogen-bond acceptors (Lipinski definition) is 11. The molecule has 15 nitrogen and oxygen atoms in total. The van der Waals surface area contributed by atoms with Crippen molar-refractivity contribution >= 4 is 44.9 Å². The molecule has 2 aliphatic heterocycles. The van der Waals surface area contributed by atoms with Crippen LogP contribution in [0.2, 0.25) is 0 Å². The van der Waals surface area contributed by atoms with Gasteiger partial charge in [-0.3, -0.25) is 19.1 Å². The summed E-state index contributed by atoms with van der Waals surface area (Å²) in [5.74, 6) is 2.05. The van der Waals surface area contributed by atoms with E-state index in [1.54, 1.807) is 45.9 Å². The summed E-state index contributed by atoms with van der Waals surface area (Å²) in [4.78, 5) is 68.1. The fourth-order valence-electron chi connectivity index (χ4n) is 9.44. The van der Waals surface area contributed by atoms with Gasteiger partial charge in [-0.05, 0) is 69.4 Å². The summed E-state index contributed by atoms with van der Waals surface area (Å²) in [6.45, 7) is 8.16. The van der Waals surface area contributed by atoms with Crippen LogP contribution >= 0.6 is 0 Å². The number of alkyl halides is 2. The van der Waals surface area contributed by atoms with Crippen LogP contribution < -0.4 is 24.8 Å². The Morgan fingerprint density at radius 3 is 2.46 bits per heavy atom. The molecule has 1 aromatic carbocycles. The number of halogens is 2. The van der Waals surface area contributed by atoms with E-state index in [1.807, 2.05) is 4.72 Å². The van der Waals surface area contributed by atoms with Crippen molar-refractivity contribution in [3.05, 3.63) is 23.9 Å². The Morgan fingerprint density at radius 1 is 1.07 bits per heavy atom. The average Bonchev–Trinajstić information content (AvgIpc) is 4.07. The van der Waals surface area contributed by atoms with Crippen molar-refractivity contribution in [3.8, 4) is 23.5 Å². The normalized spacial score (nSPS) is 33.1. The van der Waals surface area contributed by atoms with E-state index < -0.39 is 98.5 Å². The molecule has 3 N–H and O–H groups in total. The summed E-state index contributed by atoms with van der Waals surface area (Å²) >= 11 is 0. The summed E-state index contributed by atoms with van der Waals surface area (Å²) in [5, 5.41) is 5.29. The Hall–Kier alpha value is -4.79. The van der Waals surface area contributed by atoms with Crippen molar-refractivity contribution < 1.29 is 50.6 Å². The van der Waals surface area contributed by atoms with Crippen LogP contribution in [0.3, 0.4) is 0 Å². The highest BCUT2D eigenvalue weighted by molar-refractivity contribution is 7.91. The predicted molar refractivity (Wildman–Crippen MR) is 217 cm³/mol. The van der Waals surface area contributed by atoms with Gasteiger partial charge in [0.25, 0.3) is 5.91 Å². The van der Waals surface area contributed by atoms with Crippen LogP contribution in [0.4, 0.5) is 13.6 Å². The number of rotatable bonds is 7. The molecule has 4 amide bonds. The summed E-state index contributed by atoms with van der Waals surface area (Å²) in [6, 6.07) is 2.64. The van der Waals surface area contributed by atoms with Gasteiger partial charge in [-0.1, -0.05) is 52.4 Å². The standard InChI is InChI=1S/C43H54F2N6O9S/c1-22-32-21-51(33(22)36(52)49-43(20-27(43)35(44)45)39(54)50-61(56,57)42(5)16-17-42)38(53)34(41(2,3)4)48-40(55)60-31-18-23-12-14-25(23)26(31)10-8-7-9-11-29-37(59-32)47-30-19-24(58-6)13-15-28(30)46-29/h13,15,19,22-23,25-27,31-35H,7-11,16-18,20-21H2,1-6H3,(H,48,55)(H,49,52)(H,50,54)/t22-,23+,25+,26-,27+,31-,32+,33+,34-,43-/m1/s1. The molecule has 1 aromatic heterocycles. The highest BCUT2D eigenvalue weighted by atomic mass is 32.2. The zero-order valence-electron chi connectivity index (χ0n) is 35.3. The Bertz CT molecular complexity index is 2310. The molecule has 4 aliphatic carbocycles. The van der Waals surface area contributed by atoms with Crippen molar-refractivity contribution in [3.63, 3.8) is 0 Å². The second kappa shape index (κ2) is 15.5. The van der Waals surface area contributed by atoms with E-state index in [2.05, 4.69) is 22.5 Å². The number of benzene rings is 1. The molecule has 2 aromatic rings. The highest BCUT2D eigenvalue weighted by Crippen LogP contribution is 2.50. The van der Waals surface area contributed by atoms with Crippen molar-refractivity contribution in [1.29, 1.82) is 0 Å². The maximum absolute atomic E-state index is 15.0. The van der Waals surface area contributed by atoms with Gasteiger partial charge in [-0.2, -0.15) is 0 Å². The number of alkyl carbamates (subject to hydrolysis) is 1. The monoisotopic (exact) mass is 868 g/mol. The van der Waals surface area contributed by atoms with E-state index in [1.165, 1.54) is 18.9 Å². The minimum atomic E-state index is -4.25. The Morgan fingerprint density at radius 2 is 1.82 bits per heavy atom. The van der Waals surface area contributed by atoms with Crippen LogP contribution in [0.25, 0.3) is 11.0 Å². The fraction of sp³-hybridized carbons (Fsp3) is 0.674. The third-order valence-corrected chi connectivity index (χ3v) is 16.0. The number of ether oxygens (including phenoxy) is 3. The Balaban J connectivity index is 1.16. The number of methoxy groups -OCH3 is 1. The maximum atomic E-state index is 15.0. The number of aryl methyl sites for hydroxylation is 1. The number of fused-ring (bicyclic) bond motifs is 7. The second-order valence-electron chi connectivity index (χ2n) is 19.1. The van der Waals surface area contributed by atoms with Crippen molar-refractivity contribution in [1.82, 2.24) is 30.2 Å². The molecule has 18 heteroatoms. The third-order valence-electron chi connectivity index (χ3n) is 13.8. The molecule has 10 atom stereocenters. The molecule has 0 spiro atoms. The van der Waals surface area contributed by atoms with Gasteiger partial charge >= 0.3 is 6.09 Å². The average molecular weight is 869 g/mol. The van der Waals surface area contributed by atoms with E-state index in [-0.39, 0.29) is 43.0 Å². The SMILES string of the molecule is COc1ccc2nc3c(nc2c1)O[C@H]1CN(C(=O)[C@H](C(C)(C)C)NC(=O)O[C@@H]2C[C@@H]4C#C[C@@H]4[C@H]2CCCCC3)[C@H](C(=O)N[C@]2(C(=O)NS(=O)(=O)C3(C)CC3)C[C@H]2C(F)F)[C@@H]1C. The van der Waals surface area contributed by atoms with Gasteiger partial charge in [0.05, 0.1) is 35.4 Å². The third kappa shape index (κ3) is 7.95. The number of aromatic nitrogens is 2. The summed E-state index contributed by atoms with van der Waals surface area (Å²) < 4.78 is 73.8. The molecular formula is C43H54F2N6O9S. The number of nitrogens with zero attached hydrogens (tertiary/aromatic N) is 3. The molecular weight excluding hydrogens is 815 g/mol. The Kier molecular flexibility index (Phi) is 10.9. The molecule has 4 fully saturated rings. The lowest BCUT2D eigenvalue weighted by Gasteiger charge is -2.36. The molecule has 3 saturated carbocycles. The predicted octanol–water partition coefficient (Wildman–Crippen LogP) is 4.27. The fourth-order valence-corrected chi connectivity index (χ4v) is 10.8. The first-order valence-corrected chi connectivity index (χ1v) is 22.7. The first-order chi connectivity index (χ1) is 28.7. The molecule has 0 unspecified atom stereocenters. The smallest absolute Gasteiger partial charge is 0.408 e. The number of carbonyl (C=O) groups is 4. The minimum Gasteiger partial charge on any atom is -0.497 e. The lowest BCUT2D eigenvalue weighted by Crippen LogP contribution is -2.61. The van der Waals surface area contributed by atoms with Crippen LogP contribution in [0, 0.1) is 46.8 Å². The van der Waals surface area contributed by atoms with Crippen molar-refractivity contribution in [2.45, 2.75) is 133 Å². The van der Waals surface area contributed by atoms with Gasteiger partial charge < -0.3 is 29.7 Å². The van der Waals surface area contributed by atoms with E-state index in [9.17, 15) is 36.4 Å². The first-order valence-electron chi connectivity index (χ1n) is 21.2. The number of hydrogen-bond donors (Lipinski definition) is 3. The Labute approximate surface area is 354 Å². The first kappa shape index (κ1) is 42.9. The van der Waals surface area contributed by atoms with Crippen LogP contribution in [0.5, 0.6) is 11.6 Å². The maximum Gasteiger partial charge on any atom is 0.408 e. The van der Waals surface area contributed by atoms with Crippen LogP contribution in [-0.4, -0.2) is 102 Å². The molecule has 1 saturated heterocycles. The van der Waals surface area contributed by atoms with Gasteiger partial charge in [0.2, 0.25) is 34.1 Å². The van der Waals surface area contributed by atoms with Crippen molar-refractivity contribution in [2.24, 2.45) is 35.0 Å². The number of sulfonamides is 1. The molecule has 6 aliphatic rings. The van der Waals surface area contributed by atoms with Crippen LogP contribution in [-0.2, 0) is 35.6 Å². The molecule has 2 bridgehead atoms. The summed E-state index contributed by atoms with van der Waals surface area (Å²) in [5.41, 5.74) is -1.52. The quantitative estimate of drug-likeness (QED) is 0.337. The number of nitrogens with one attached hydrogen (secondary N) is 3. The number of carbonyl (C=O) groups excluding carboxylic acids is 4. The summed E-state index contributed by atoms with van der Waals surface area (Å²) in [6.07, 6.45) is -0.836. The van der Waals surface area contributed by atoms with Gasteiger partial charge in [0, 0.05) is 29.7 Å². The van der Waals surface area contributed by atoms with E-state index in [0.717, 1.165) is 25.7 Å². The summed E-state index contributed by atoms with van der Waals surface area (Å²) in [7, 11) is -2.72. The lowest BCUT2D eigenvalue weighted by atomic mass is 9.81. The highest BCUT2D eigenvalue weighted by Gasteiger charge is 2.67. The zero-order chi connectivity index (χ0) is 43.8. The van der Waals surface area contributed by atoms with Gasteiger partial charge in [-0.15, -0.1) is 0 Å². The largest absolute Gasteiger partial charge is 0.497 e. The van der Waals surface area contributed by atoms with Crippen LogP contribution in [0.15, 0.2) is 18.2 Å². The van der Waals surface area contributed by atoms with Gasteiger partial charge in [0.15, 0.2) is 0 Å². The van der Waals surface area contributed by atoms with E-state index >= 15 is 0 Å². The molecule has 61 heavy (non-hydrogen) atoms. The topological polar surface area (TPSA) is 195 Å². The minimum absolute atomic E-state index is 0.0217. The van der Waals surface area contributed by atoms with E-state index in [4.69, 9.17) is 24.2 Å². The van der Waals surface area contributed by atoms with Crippen LogP contribution in [0.1, 0.15) is 91.7 Å². The van der Waals surface area contributed by atoms with Gasteiger partial charge in [0.1, 0.15) is 41.3 Å². The van der Waals surface area contributed by atoms with Crippen molar-refractivity contribution in [2.75, 3.05) is 13.7 Å². The molecule has 0 radical (unpaired) electrons. The molecule has 8 rings (SSSR count). The number of amides is 4. The zero-order valence-corrected chi connectivity index (χ0v) is 36.1.